The van der Waals surface area contributed by atoms with E-state index in [2.05, 4.69) is 5.32 Å². The normalized spacial score (nSPS) is 19.6. The van der Waals surface area contributed by atoms with Crippen LogP contribution in [-0.2, 0) is 11.2 Å². The Morgan fingerprint density at radius 2 is 2.12 bits per heavy atom. The maximum Gasteiger partial charge on any atom is 0.237 e. The molecule has 0 spiro atoms. The molecule has 1 heterocycles. The lowest BCUT2D eigenvalue weighted by Gasteiger charge is -2.33. The molecular weight excluding hydrogens is 308 g/mol. The third-order valence-corrected chi connectivity index (χ3v) is 4.52. The Hall–Kier alpha value is -1.79. The number of methoxy groups -OCH3 is 2. The lowest BCUT2D eigenvalue weighted by atomic mass is 10.1. The van der Waals surface area contributed by atoms with Gasteiger partial charge in [0, 0.05) is 13.1 Å². The molecule has 0 saturated carbocycles. The highest BCUT2D eigenvalue weighted by atomic mass is 16.5. The van der Waals surface area contributed by atoms with Crippen molar-refractivity contribution in [3.63, 3.8) is 0 Å². The number of aliphatic hydroxyl groups excluding tert-OH is 1. The van der Waals surface area contributed by atoms with E-state index in [1.807, 2.05) is 30.0 Å². The molecule has 2 unspecified atom stereocenters. The molecule has 1 aromatic carbocycles. The summed E-state index contributed by atoms with van der Waals surface area (Å²) in [5, 5.41) is 12.7. The molecule has 1 saturated heterocycles. The highest BCUT2D eigenvalue weighted by Crippen LogP contribution is 2.27. The summed E-state index contributed by atoms with van der Waals surface area (Å²) >= 11 is 0. The second kappa shape index (κ2) is 8.89. The van der Waals surface area contributed by atoms with Crippen LogP contribution in [-0.4, -0.2) is 61.9 Å². The number of benzene rings is 1. The fourth-order valence-corrected chi connectivity index (χ4v) is 3.01. The van der Waals surface area contributed by atoms with Crippen molar-refractivity contribution in [2.24, 2.45) is 0 Å². The first-order valence-corrected chi connectivity index (χ1v) is 8.46. The number of ether oxygens (including phenoxy) is 2. The van der Waals surface area contributed by atoms with Gasteiger partial charge in [-0.1, -0.05) is 6.07 Å². The van der Waals surface area contributed by atoms with Gasteiger partial charge in [-0.2, -0.15) is 0 Å². The highest BCUT2D eigenvalue weighted by molar-refractivity contribution is 5.81. The number of piperidine rings is 1. The van der Waals surface area contributed by atoms with Crippen LogP contribution in [0.2, 0.25) is 0 Å². The van der Waals surface area contributed by atoms with Crippen LogP contribution in [0.4, 0.5) is 0 Å². The first kappa shape index (κ1) is 18.5. The predicted molar refractivity (Wildman–Crippen MR) is 92.5 cm³/mol. The third kappa shape index (κ3) is 4.85. The van der Waals surface area contributed by atoms with Crippen LogP contribution >= 0.6 is 0 Å². The fraction of sp³-hybridized carbons (Fsp3) is 0.611. The van der Waals surface area contributed by atoms with Crippen molar-refractivity contribution >= 4 is 5.91 Å². The molecule has 1 aliphatic rings. The number of rotatable bonds is 7. The monoisotopic (exact) mass is 336 g/mol. The SMILES string of the molecule is COc1ccc(CCNC(=O)C(C)N2CCCC(O)C2)cc1OC. The van der Waals surface area contributed by atoms with Crippen molar-refractivity contribution in [3.8, 4) is 11.5 Å². The summed E-state index contributed by atoms with van der Waals surface area (Å²) in [6.07, 6.45) is 2.16. The third-order valence-electron chi connectivity index (χ3n) is 4.52. The van der Waals surface area contributed by atoms with Gasteiger partial charge in [-0.05, 0) is 50.4 Å². The van der Waals surface area contributed by atoms with Crippen molar-refractivity contribution < 1.29 is 19.4 Å². The topological polar surface area (TPSA) is 71.0 Å². The number of nitrogens with one attached hydrogen (secondary N) is 1. The average Bonchev–Trinajstić information content (AvgIpc) is 2.60. The lowest BCUT2D eigenvalue weighted by molar-refractivity contribution is -0.126. The van der Waals surface area contributed by atoms with Crippen LogP contribution in [0.5, 0.6) is 11.5 Å². The minimum absolute atomic E-state index is 0.00424. The Morgan fingerprint density at radius 3 is 2.79 bits per heavy atom. The highest BCUT2D eigenvalue weighted by Gasteiger charge is 2.26. The molecule has 2 N–H and O–H groups in total. The van der Waals surface area contributed by atoms with Gasteiger partial charge in [-0.15, -0.1) is 0 Å². The molecule has 0 aliphatic carbocycles. The minimum Gasteiger partial charge on any atom is -0.493 e. The van der Waals surface area contributed by atoms with E-state index in [4.69, 9.17) is 9.47 Å². The van der Waals surface area contributed by atoms with Crippen LogP contribution in [0, 0.1) is 0 Å². The van der Waals surface area contributed by atoms with E-state index >= 15 is 0 Å². The summed E-state index contributed by atoms with van der Waals surface area (Å²) in [5.74, 6) is 1.39. The van der Waals surface area contributed by atoms with Gasteiger partial charge < -0.3 is 19.9 Å². The number of hydrogen-bond donors (Lipinski definition) is 2. The second-order valence-electron chi connectivity index (χ2n) is 6.20. The van der Waals surface area contributed by atoms with Gasteiger partial charge in [0.1, 0.15) is 0 Å². The number of aliphatic hydroxyl groups is 1. The van der Waals surface area contributed by atoms with Crippen molar-refractivity contribution in [2.45, 2.75) is 38.3 Å². The summed E-state index contributed by atoms with van der Waals surface area (Å²) in [6.45, 7) is 3.89. The van der Waals surface area contributed by atoms with E-state index in [9.17, 15) is 9.90 Å². The summed E-state index contributed by atoms with van der Waals surface area (Å²) < 4.78 is 10.5. The molecule has 6 nitrogen and oxygen atoms in total. The van der Waals surface area contributed by atoms with Gasteiger partial charge in [-0.25, -0.2) is 0 Å². The van der Waals surface area contributed by atoms with Gasteiger partial charge in [0.25, 0.3) is 0 Å². The largest absolute Gasteiger partial charge is 0.493 e. The maximum atomic E-state index is 12.3. The lowest BCUT2D eigenvalue weighted by Crippen LogP contribution is -2.50. The van der Waals surface area contributed by atoms with E-state index in [-0.39, 0.29) is 18.1 Å². The van der Waals surface area contributed by atoms with Gasteiger partial charge >= 0.3 is 0 Å². The molecule has 24 heavy (non-hydrogen) atoms. The van der Waals surface area contributed by atoms with Crippen LogP contribution in [0.1, 0.15) is 25.3 Å². The molecule has 1 aliphatic heterocycles. The van der Waals surface area contributed by atoms with Gasteiger partial charge in [-0.3, -0.25) is 9.69 Å². The van der Waals surface area contributed by atoms with E-state index < -0.39 is 0 Å². The van der Waals surface area contributed by atoms with Crippen LogP contribution in [0.15, 0.2) is 18.2 Å². The number of nitrogens with zero attached hydrogens (tertiary/aromatic N) is 1. The maximum absolute atomic E-state index is 12.3. The molecule has 1 fully saturated rings. The quantitative estimate of drug-likeness (QED) is 0.783. The molecular formula is C18H28N2O4. The fourth-order valence-electron chi connectivity index (χ4n) is 3.01. The number of hydrogen-bond acceptors (Lipinski definition) is 5. The number of amides is 1. The number of β-amino-alcohol motifs (C(OH)–C–C–N with tert-alkyl or cyclic N) is 1. The summed E-state index contributed by atoms with van der Waals surface area (Å²) in [4.78, 5) is 14.3. The number of likely N-dealkylation sites (tertiary alicyclic amines) is 1. The number of carbonyl (C=O) groups is 1. The zero-order valence-corrected chi connectivity index (χ0v) is 14.7. The molecule has 2 atom stereocenters. The van der Waals surface area contributed by atoms with Crippen molar-refractivity contribution in [3.05, 3.63) is 23.8 Å². The molecule has 2 rings (SSSR count). The molecule has 0 bridgehead atoms. The Balaban J connectivity index is 1.81. The molecule has 0 aromatic heterocycles. The smallest absolute Gasteiger partial charge is 0.237 e. The zero-order chi connectivity index (χ0) is 17.5. The standard InChI is InChI=1S/C18H28N2O4/c1-13(20-10-4-5-15(21)12-20)18(22)19-9-8-14-6-7-16(23-2)17(11-14)24-3/h6-7,11,13,15,21H,4-5,8-10,12H2,1-3H3,(H,19,22). The second-order valence-corrected chi connectivity index (χ2v) is 6.20. The summed E-state index contributed by atoms with van der Waals surface area (Å²) in [7, 11) is 3.22. The zero-order valence-electron chi connectivity index (χ0n) is 14.7. The summed E-state index contributed by atoms with van der Waals surface area (Å²) in [6, 6.07) is 5.55. The van der Waals surface area contributed by atoms with Gasteiger partial charge in [0.15, 0.2) is 11.5 Å². The van der Waals surface area contributed by atoms with Crippen molar-refractivity contribution in [1.29, 1.82) is 0 Å². The first-order valence-electron chi connectivity index (χ1n) is 8.46. The van der Waals surface area contributed by atoms with Crippen LogP contribution < -0.4 is 14.8 Å². The van der Waals surface area contributed by atoms with Gasteiger partial charge in [0.2, 0.25) is 5.91 Å². The first-order chi connectivity index (χ1) is 11.5. The average molecular weight is 336 g/mol. The molecule has 6 heteroatoms. The molecule has 1 aromatic rings. The predicted octanol–water partition coefficient (Wildman–Crippen LogP) is 1.21. The van der Waals surface area contributed by atoms with E-state index in [1.165, 1.54) is 0 Å². The van der Waals surface area contributed by atoms with Crippen LogP contribution in [0.25, 0.3) is 0 Å². The molecule has 1 amide bonds. The van der Waals surface area contributed by atoms with Crippen molar-refractivity contribution in [1.82, 2.24) is 10.2 Å². The molecule has 134 valence electrons. The number of carbonyl (C=O) groups excluding carboxylic acids is 1. The minimum atomic E-state index is -0.319. The van der Waals surface area contributed by atoms with E-state index in [1.54, 1.807) is 14.2 Å². The summed E-state index contributed by atoms with van der Waals surface area (Å²) in [5.41, 5.74) is 1.08. The van der Waals surface area contributed by atoms with E-state index in [0.29, 0.717) is 24.6 Å². The Bertz CT molecular complexity index is 550. The molecule has 0 radical (unpaired) electrons. The Morgan fingerprint density at radius 1 is 1.38 bits per heavy atom. The van der Waals surface area contributed by atoms with Crippen molar-refractivity contribution in [2.75, 3.05) is 33.9 Å². The van der Waals surface area contributed by atoms with E-state index in [0.717, 1.165) is 31.4 Å². The Labute approximate surface area is 143 Å². The van der Waals surface area contributed by atoms with Gasteiger partial charge in [0.05, 0.1) is 26.4 Å². The Kier molecular flexibility index (Phi) is 6.87. The van der Waals surface area contributed by atoms with Crippen LogP contribution in [0.3, 0.4) is 0 Å².